The van der Waals surface area contributed by atoms with E-state index in [1.54, 1.807) is 18.2 Å². The molecule has 0 atom stereocenters. The Hall–Kier alpha value is -0.580. The molecule has 1 rings (SSSR count). The molecule has 0 amide bonds. The largest absolute Gasteiger partial charge is 0.238 e. The van der Waals surface area contributed by atoms with Gasteiger partial charge < -0.3 is 0 Å². The van der Waals surface area contributed by atoms with Crippen LogP contribution in [0.5, 0.6) is 0 Å². The van der Waals surface area contributed by atoms with Crippen molar-refractivity contribution >= 4 is 22.4 Å². The minimum Gasteiger partial charge on any atom is -0.225 e. The van der Waals surface area contributed by atoms with Gasteiger partial charge in [-0.05, 0) is 18.1 Å². The van der Waals surface area contributed by atoms with Crippen molar-refractivity contribution in [3.8, 4) is 0 Å². The molecule has 0 spiro atoms. The zero-order valence-electron chi connectivity index (χ0n) is 7.93. The Morgan fingerprint density at radius 2 is 1.86 bits per heavy atom. The van der Waals surface area contributed by atoms with E-state index in [4.69, 9.17) is 5.14 Å². The van der Waals surface area contributed by atoms with Crippen LogP contribution in [0.4, 0.5) is 0 Å². The number of nitrogens with two attached hydrogens (primary N) is 1. The van der Waals surface area contributed by atoms with Crippen LogP contribution in [0.15, 0.2) is 29.2 Å². The minimum atomic E-state index is -3.56. The number of benzene rings is 1. The van der Waals surface area contributed by atoms with Crippen LogP contribution in [-0.2, 0) is 16.4 Å². The van der Waals surface area contributed by atoms with Crippen LogP contribution < -0.4 is 5.14 Å². The molecule has 0 aromatic heterocycles. The Kier molecular flexibility index (Phi) is 5.12. The first-order valence-electron chi connectivity index (χ1n) is 4.16. The van der Waals surface area contributed by atoms with Gasteiger partial charge in [0, 0.05) is 0 Å². The molecule has 0 aliphatic heterocycles. The molecular formula is C9H14ClNO2S. The number of hydrogen-bond acceptors (Lipinski definition) is 2. The summed E-state index contributed by atoms with van der Waals surface area (Å²) in [7, 11) is -3.56. The Balaban J connectivity index is 0.00000169. The molecular weight excluding hydrogens is 222 g/mol. The summed E-state index contributed by atoms with van der Waals surface area (Å²) in [5.74, 6) is 0. The molecule has 0 aliphatic carbocycles. The number of halogens is 1. The summed E-state index contributed by atoms with van der Waals surface area (Å²) in [4.78, 5) is 0.247. The maximum Gasteiger partial charge on any atom is 0.238 e. The topological polar surface area (TPSA) is 60.2 Å². The highest BCUT2D eigenvalue weighted by molar-refractivity contribution is 7.89. The lowest BCUT2D eigenvalue weighted by atomic mass is 10.1. The van der Waals surface area contributed by atoms with Gasteiger partial charge in [-0.2, -0.15) is 0 Å². The number of hydrogen-bond donors (Lipinski definition) is 1. The molecule has 0 saturated carbocycles. The van der Waals surface area contributed by atoms with Crippen LogP contribution >= 0.6 is 12.4 Å². The fraction of sp³-hybridized carbons (Fsp3) is 0.333. The normalized spacial score (nSPS) is 10.7. The molecule has 14 heavy (non-hydrogen) atoms. The summed E-state index contributed by atoms with van der Waals surface area (Å²) in [6.45, 7) is 2.00. The van der Waals surface area contributed by atoms with E-state index in [1.807, 2.05) is 13.0 Å². The second-order valence-electron chi connectivity index (χ2n) is 2.90. The third-order valence-corrected chi connectivity index (χ3v) is 2.81. The molecule has 0 unspecified atom stereocenters. The lowest BCUT2D eigenvalue weighted by Gasteiger charge is -2.04. The Morgan fingerprint density at radius 1 is 1.29 bits per heavy atom. The van der Waals surface area contributed by atoms with Crippen LogP contribution in [0.1, 0.15) is 18.9 Å². The second-order valence-corrected chi connectivity index (χ2v) is 4.43. The standard InChI is InChI=1S/C9H13NO2S.ClH/c1-2-5-8-6-3-4-7-9(8)13(10,11)12;/h3-4,6-7H,2,5H2,1H3,(H2,10,11,12);1H. The van der Waals surface area contributed by atoms with Crippen LogP contribution in [0.2, 0.25) is 0 Å². The third-order valence-electron chi connectivity index (χ3n) is 1.80. The monoisotopic (exact) mass is 235 g/mol. The third kappa shape index (κ3) is 3.29. The van der Waals surface area contributed by atoms with Gasteiger partial charge in [0.05, 0.1) is 4.90 Å². The van der Waals surface area contributed by atoms with E-state index in [0.717, 1.165) is 18.4 Å². The average molecular weight is 236 g/mol. The van der Waals surface area contributed by atoms with Gasteiger partial charge in [-0.1, -0.05) is 31.5 Å². The van der Waals surface area contributed by atoms with Crippen LogP contribution in [-0.4, -0.2) is 8.42 Å². The van der Waals surface area contributed by atoms with Crippen LogP contribution in [0, 0.1) is 0 Å². The van der Waals surface area contributed by atoms with E-state index in [2.05, 4.69) is 0 Å². The minimum absolute atomic E-state index is 0. The maximum absolute atomic E-state index is 11.1. The van der Waals surface area contributed by atoms with Gasteiger partial charge in [-0.15, -0.1) is 12.4 Å². The highest BCUT2D eigenvalue weighted by Gasteiger charge is 2.11. The van der Waals surface area contributed by atoms with Crippen molar-refractivity contribution < 1.29 is 8.42 Å². The number of primary sulfonamides is 1. The van der Waals surface area contributed by atoms with Crippen LogP contribution in [0.3, 0.4) is 0 Å². The molecule has 0 heterocycles. The number of sulfonamides is 1. The molecule has 0 fully saturated rings. The molecule has 80 valence electrons. The van der Waals surface area contributed by atoms with Crippen molar-refractivity contribution in [1.82, 2.24) is 0 Å². The van der Waals surface area contributed by atoms with E-state index in [1.165, 1.54) is 0 Å². The van der Waals surface area contributed by atoms with Crippen LogP contribution in [0.25, 0.3) is 0 Å². The van der Waals surface area contributed by atoms with Gasteiger partial charge in [0.2, 0.25) is 10.0 Å². The van der Waals surface area contributed by atoms with Gasteiger partial charge in [0.25, 0.3) is 0 Å². The fourth-order valence-corrected chi connectivity index (χ4v) is 2.06. The van der Waals surface area contributed by atoms with Gasteiger partial charge in [0.15, 0.2) is 0 Å². The van der Waals surface area contributed by atoms with Gasteiger partial charge in [-0.3, -0.25) is 0 Å². The first-order valence-corrected chi connectivity index (χ1v) is 5.71. The Bertz CT molecular complexity index is 390. The fourth-order valence-electron chi connectivity index (χ4n) is 1.26. The Morgan fingerprint density at radius 3 is 2.36 bits per heavy atom. The second kappa shape index (κ2) is 5.34. The molecule has 1 aromatic carbocycles. The smallest absolute Gasteiger partial charge is 0.225 e. The first-order chi connectivity index (χ1) is 6.05. The maximum atomic E-state index is 11.1. The van der Waals surface area contributed by atoms with Crippen molar-refractivity contribution in [3.05, 3.63) is 29.8 Å². The molecule has 0 bridgehead atoms. The zero-order chi connectivity index (χ0) is 9.90. The molecule has 0 radical (unpaired) electrons. The van der Waals surface area contributed by atoms with E-state index < -0.39 is 10.0 Å². The average Bonchev–Trinajstić information content (AvgIpc) is 2.04. The molecule has 2 N–H and O–H groups in total. The highest BCUT2D eigenvalue weighted by atomic mass is 35.5. The number of aryl methyl sites for hydroxylation is 1. The van der Waals surface area contributed by atoms with Gasteiger partial charge in [-0.25, -0.2) is 13.6 Å². The van der Waals surface area contributed by atoms with E-state index in [-0.39, 0.29) is 17.3 Å². The molecule has 0 saturated heterocycles. The summed E-state index contributed by atoms with van der Waals surface area (Å²) >= 11 is 0. The van der Waals surface area contributed by atoms with E-state index in [0.29, 0.717) is 0 Å². The summed E-state index contributed by atoms with van der Waals surface area (Å²) in [6, 6.07) is 6.84. The molecule has 0 aliphatic rings. The van der Waals surface area contributed by atoms with E-state index in [9.17, 15) is 8.42 Å². The summed E-state index contributed by atoms with van der Waals surface area (Å²) < 4.78 is 22.2. The lowest BCUT2D eigenvalue weighted by molar-refractivity contribution is 0.596. The molecule has 3 nitrogen and oxygen atoms in total. The molecule has 5 heteroatoms. The van der Waals surface area contributed by atoms with E-state index >= 15 is 0 Å². The SMILES string of the molecule is CCCc1ccccc1S(N)(=O)=O.Cl. The van der Waals surface area contributed by atoms with Crippen molar-refractivity contribution in [3.63, 3.8) is 0 Å². The molecule has 1 aromatic rings. The number of rotatable bonds is 3. The predicted octanol–water partition coefficient (Wildman–Crippen LogP) is 1.71. The predicted molar refractivity (Wildman–Crippen MR) is 59.1 cm³/mol. The summed E-state index contributed by atoms with van der Waals surface area (Å²) in [6.07, 6.45) is 1.65. The summed E-state index contributed by atoms with van der Waals surface area (Å²) in [5.41, 5.74) is 0.799. The quantitative estimate of drug-likeness (QED) is 0.867. The van der Waals surface area contributed by atoms with Crippen molar-refractivity contribution in [1.29, 1.82) is 0 Å². The summed E-state index contributed by atoms with van der Waals surface area (Å²) in [5, 5.41) is 5.06. The van der Waals surface area contributed by atoms with Crippen molar-refractivity contribution in [2.24, 2.45) is 5.14 Å². The van der Waals surface area contributed by atoms with Gasteiger partial charge >= 0.3 is 0 Å². The zero-order valence-corrected chi connectivity index (χ0v) is 9.57. The van der Waals surface area contributed by atoms with Crippen molar-refractivity contribution in [2.45, 2.75) is 24.7 Å². The van der Waals surface area contributed by atoms with Crippen molar-refractivity contribution in [2.75, 3.05) is 0 Å². The Labute approximate surface area is 90.8 Å². The van der Waals surface area contributed by atoms with Gasteiger partial charge in [0.1, 0.15) is 0 Å². The first kappa shape index (κ1) is 13.4. The highest BCUT2D eigenvalue weighted by Crippen LogP contribution is 2.14. The lowest BCUT2D eigenvalue weighted by Crippen LogP contribution is -2.14.